The Labute approximate surface area is 240 Å². The first kappa shape index (κ1) is 28.5. The highest BCUT2D eigenvalue weighted by atomic mass is 35.5. The summed E-state index contributed by atoms with van der Waals surface area (Å²) in [6.07, 6.45) is 4.69. The lowest BCUT2D eigenvalue weighted by molar-refractivity contribution is -0.139. The topological polar surface area (TPSA) is 49.4 Å². The molecule has 7 heteroatoms. The molecule has 0 aromatic heterocycles. The molecule has 0 saturated heterocycles. The summed E-state index contributed by atoms with van der Waals surface area (Å²) in [4.78, 5) is 29.4. The number of rotatable bonds is 11. The fourth-order valence-electron chi connectivity index (χ4n) is 4.89. The highest BCUT2D eigenvalue weighted by Gasteiger charge is 2.32. The second-order valence-electron chi connectivity index (χ2n) is 9.84. The van der Waals surface area contributed by atoms with Gasteiger partial charge in [0.05, 0.1) is 5.75 Å². The third-order valence-corrected chi connectivity index (χ3v) is 8.76. The van der Waals surface area contributed by atoms with E-state index in [1.54, 1.807) is 17.0 Å². The van der Waals surface area contributed by atoms with Crippen molar-refractivity contribution in [3.05, 3.63) is 105 Å². The van der Waals surface area contributed by atoms with Crippen molar-refractivity contribution in [2.45, 2.75) is 63.4 Å². The van der Waals surface area contributed by atoms with E-state index in [1.165, 1.54) is 11.8 Å². The Kier molecular flexibility index (Phi) is 10.6. The molecular weight excluding hydrogens is 535 g/mol. The summed E-state index contributed by atoms with van der Waals surface area (Å²) in [5.74, 6) is 0.570. The van der Waals surface area contributed by atoms with Crippen LogP contribution >= 0.6 is 35.0 Å². The maximum absolute atomic E-state index is 13.9. The van der Waals surface area contributed by atoms with Crippen LogP contribution in [0, 0.1) is 6.92 Å². The van der Waals surface area contributed by atoms with Crippen molar-refractivity contribution >= 4 is 46.8 Å². The van der Waals surface area contributed by atoms with Gasteiger partial charge >= 0.3 is 0 Å². The van der Waals surface area contributed by atoms with E-state index in [9.17, 15) is 9.59 Å². The number of nitrogens with zero attached hydrogens (tertiary/aromatic N) is 1. The van der Waals surface area contributed by atoms with Crippen LogP contribution in [0.1, 0.15) is 47.9 Å². The molecule has 200 valence electrons. The van der Waals surface area contributed by atoms with Crippen LogP contribution in [0.15, 0.2) is 72.8 Å². The SMILES string of the molecule is Cc1ccccc1CN(C(=O)CSCc1c(Cl)cccc1Cl)[C@H](Cc1ccccc1)C(=O)NC1CCCC1. The van der Waals surface area contributed by atoms with Crippen molar-refractivity contribution in [2.24, 2.45) is 0 Å². The van der Waals surface area contributed by atoms with Crippen LogP contribution < -0.4 is 5.32 Å². The molecule has 4 rings (SSSR count). The molecule has 1 fully saturated rings. The van der Waals surface area contributed by atoms with Crippen molar-refractivity contribution in [1.29, 1.82) is 0 Å². The van der Waals surface area contributed by atoms with E-state index in [0.717, 1.165) is 47.9 Å². The van der Waals surface area contributed by atoms with Crippen molar-refractivity contribution in [3.63, 3.8) is 0 Å². The van der Waals surface area contributed by atoms with Crippen LogP contribution in [0.3, 0.4) is 0 Å². The number of benzene rings is 3. The zero-order chi connectivity index (χ0) is 26.9. The summed E-state index contributed by atoms with van der Waals surface area (Å²) in [5, 5.41) is 4.44. The number of hydrogen-bond acceptors (Lipinski definition) is 3. The van der Waals surface area contributed by atoms with Crippen LogP contribution in [-0.4, -0.2) is 34.6 Å². The first-order valence-corrected chi connectivity index (χ1v) is 15.0. The summed E-state index contributed by atoms with van der Waals surface area (Å²) in [6.45, 7) is 2.41. The molecule has 1 aliphatic carbocycles. The Morgan fingerprint density at radius 1 is 0.947 bits per heavy atom. The Balaban J connectivity index is 1.59. The van der Waals surface area contributed by atoms with Gasteiger partial charge in [-0.3, -0.25) is 9.59 Å². The second-order valence-corrected chi connectivity index (χ2v) is 11.6. The maximum atomic E-state index is 13.9. The highest BCUT2D eigenvalue weighted by molar-refractivity contribution is 7.99. The number of carbonyl (C=O) groups excluding carboxylic acids is 2. The second kappa shape index (κ2) is 14.1. The Morgan fingerprint density at radius 2 is 1.61 bits per heavy atom. The molecule has 4 nitrogen and oxygen atoms in total. The van der Waals surface area contributed by atoms with E-state index in [2.05, 4.69) is 5.32 Å². The van der Waals surface area contributed by atoms with Gasteiger partial charge in [-0.05, 0) is 54.2 Å². The van der Waals surface area contributed by atoms with Crippen molar-refractivity contribution < 1.29 is 9.59 Å². The minimum atomic E-state index is -0.616. The van der Waals surface area contributed by atoms with Crippen LogP contribution in [0.2, 0.25) is 10.0 Å². The largest absolute Gasteiger partial charge is 0.352 e. The van der Waals surface area contributed by atoms with Gasteiger partial charge in [0.1, 0.15) is 6.04 Å². The molecule has 1 aliphatic rings. The minimum absolute atomic E-state index is 0.0797. The summed E-state index contributed by atoms with van der Waals surface area (Å²) in [5.41, 5.74) is 3.97. The summed E-state index contributed by atoms with van der Waals surface area (Å²) in [7, 11) is 0. The lowest BCUT2D eigenvalue weighted by Gasteiger charge is -2.32. The fraction of sp³-hybridized carbons (Fsp3) is 0.355. The predicted octanol–water partition coefficient (Wildman–Crippen LogP) is 7.23. The molecule has 0 unspecified atom stereocenters. The fourth-order valence-corrected chi connectivity index (χ4v) is 6.53. The number of thioether (sulfide) groups is 1. The third kappa shape index (κ3) is 7.78. The molecule has 0 spiro atoms. The first-order chi connectivity index (χ1) is 18.4. The molecule has 0 bridgehead atoms. The Morgan fingerprint density at radius 3 is 2.29 bits per heavy atom. The number of nitrogens with one attached hydrogen (secondary N) is 1. The normalized spacial score (nSPS) is 14.3. The van der Waals surface area contributed by atoms with Gasteiger partial charge in [-0.15, -0.1) is 11.8 Å². The quantitative estimate of drug-likeness (QED) is 0.265. The van der Waals surface area contributed by atoms with Crippen molar-refractivity contribution in [1.82, 2.24) is 10.2 Å². The molecule has 1 N–H and O–H groups in total. The summed E-state index contributed by atoms with van der Waals surface area (Å²) in [6, 6.07) is 22.9. The average Bonchev–Trinajstić information content (AvgIpc) is 3.42. The Hall–Kier alpha value is -2.47. The van der Waals surface area contributed by atoms with Gasteiger partial charge in [-0.25, -0.2) is 0 Å². The highest BCUT2D eigenvalue weighted by Crippen LogP contribution is 2.29. The molecule has 2 amide bonds. The lowest BCUT2D eigenvalue weighted by atomic mass is 10.0. The zero-order valence-corrected chi connectivity index (χ0v) is 24.0. The molecule has 1 atom stereocenters. The zero-order valence-electron chi connectivity index (χ0n) is 21.7. The van der Waals surface area contributed by atoms with Crippen molar-refractivity contribution in [3.8, 4) is 0 Å². The minimum Gasteiger partial charge on any atom is -0.352 e. The molecule has 0 heterocycles. The number of hydrogen-bond donors (Lipinski definition) is 1. The smallest absolute Gasteiger partial charge is 0.243 e. The number of aryl methyl sites for hydroxylation is 1. The summed E-state index contributed by atoms with van der Waals surface area (Å²) < 4.78 is 0. The Bertz CT molecular complexity index is 1210. The molecule has 3 aromatic rings. The van der Waals surface area contributed by atoms with Gasteiger partial charge in [0, 0.05) is 34.8 Å². The molecule has 1 saturated carbocycles. The number of halogens is 2. The molecule has 38 heavy (non-hydrogen) atoms. The van der Waals surface area contributed by atoms with Crippen LogP contribution in [0.5, 0.6) is 0 Å². The van der Waals surface area contributed by atoms with Crippen molar-refractivity contribution in [2.75, 3.05) is 5.75 Å². The van der Waals surface area contributed by atoms with E-state index < -0.39 is 6.04 Å². The molecule has 0 radical (unpaired) electrons. The van der Waals surface area contributed by atoms with E-state index >= 15 is 0 Å². The van der Waals surface area contributed by atoms with Crippen LogP contribution in [0.4, 0.5) is 0 Å². The standard InChI is InChI=1S/C31H34Cl2N2O2S/c1-22-10-5-6-13-24(22)19-35(30(36)21-38-20-26-27(32)16-9-17-28(26)33)29(18-23-11-3-2-4-12-23)31(37)34-25-14-7-8-15-25/h2-6,9-13,16-17,25,29H,7-8,14-15,18-21H2,1H3,(H,34,37)/t29-/m1/s1. The van der Waals surface area contributed by atoms with Gasteiger partial charge in [0.2, 0.25) is 11.8 Å². The lowest BCUT2D eigenvalue weighted by Crippen LogP contribution is -2.52. The maximum Gasteiger partial charge on any atom is 0.243 e. The molecular formula is C31H34Cl2N2O2S. The van der Waals surface area contributed by atoms with Gasteiger partial charge in [-0.1, -0.05) is 96.7 Å². The van der Waals surface area contributed by atoms with E-state index in [1.807, 2.05) is 67.6 Å². The van der Waals surface area contributed by atoms with Gasteiger partial charge in [-0.2, -0.15) is 0 Å². The van der Waals surface area contributed by atoms with E-state index in [0.29, 0.717) is 28.8 Å². The monoisotopic (exact) mass is 568 g/mol. The predicted molar refractivity (Wildman–Crippen MR) is 159 cm³/mol. The van der Waals surface area contributed by atoms with Crippen LogP contribution in [0.25, 0.3) is 0 Å². The van der Waals surface area contributed by atoms with Gasteiger partial charge in [0.15, 0.2) is 0 Å². The number of amides is 2. The van der Waals surface area contributed by atoms with Crippen LogP contribution in [-0.2, 0) is 28.3 Å². The first-order valence-electron chi connectivity index (χ1n) is 13.1. The van der Waals surface area contributed by atoms with E-state index in [4.69, 9.17) is 23.2 Å². The number of carbonyl (C=O) groups is 2. The van der Waals surface area contributed by atoms with Gasteiger partial charge < -0.3 is 10.2 Å². The van der Waals surface area contributed by atoms with E-state index in [-0.39, 0.29) is 23.6 Å². The third-order valence-electron chi connectivity index (χ3n) is 7.11. The molecule has 3 aromatic carbocycles. The van der Waals surface area contributed by atoms with Gasteiger partial charge in [0.25, 0.3) is 0 Å². The average molecular weight is 570 g/mol. The summed E-state index contributed by atoms with van der Waals surface area (Å²) >= 11 is 14.2. The molecule has 0 aliphatic heterocycles.